The molecule has 9 nitrogen and oxygen atoms in total. The van der Waals surface area contributed by atoms with Gasteiger partial charge in [0.2, 0.25) is 5.88 Å². The van der Waals surface area contributed by atoms with Gasteiger partial charge in [-0.25, -0.2) is 14.5 Å². The number of nitrogens with zero attached hydrogens (tertiary/aromatic N) is 7. The molecule has 2 bridgehead atoms. The van der Waals surface area contributed by atoms with Gasteiger partial charge in [0, 0.05) is 61.3 Å². The van der Waals surface area contributed by atoms with E-state index < -0.39 is 0 Å². The molecule has 4 aromatic heterocycles. The molecule has 0 radical (unpaired) electrons. The number of hydrogen-bond donors (Lipinski definition) is 0. The minimum Gasteiger partial charge on any atom is -0.488 e. The van der Waals surface area contributed by atoms with Gasteiger partial charge in [-0.1, -0.05) is 26.0 Å². The van der Waals surface area contributed by atoms with Crippen LogP contribution in [0, 0.1) is 11.3 Å². The number of hydrogen-bond acceptors (Lipinski definition) is 8. The van der Waals surface area contributed by atoms with Crippen LogP contribution in [0.2, 0.25) is 0 Å². The molecule has 0 aliphatic carbocycles. The Labute approximate surface area is 234 Å². The van der Waals surface area contributed by atoms with Gasteiger partial charge in [0.05, 0.1) is 30.6 Å². The van der Waals surface area contributed by atoms with E-state index in [1.807, 2.05) is 30.7 Å². The van der Waals surface area contributed by atoms with Crippen molar-refractivity contribution in [2.24, 2.45) is 0 Å². The third-order valence-electron chi connectivity index (χ3n) is 7.85. The van der Waals surface area contributed by atoms with Crippen molar-refractivity contribution >= 4 is 11.3 Å². The zero-order chi connectivity index (χ0) is 27.6. The van der Waals surface area contributed by atoms with Gasteiger partial charge >= 0.3 is 0 Å². The van der Waals surface area contributed by atoms with Crippen LogP contribution >= 0.6 is 0 Å². The number of aromatic nitrogens is 4. The number of methoxy groups -OCH3 is 1. The molecule has 0 amide bonds. The second-order valence-corrected chi connectivity index (χ2v) is 10.6. The van der Waals surface area contributed by atoms with Crippen LogP contribution in [0.5, 0.6) is 11.6 Å². The highest BCUT2D eigenvalue weighted by Crippen LogP contribution is 2.36. The van der Waals surface area contributed by atoms with Gasteiger partial charge in [-0.15, -0.1) is 0 Å². The minimum atomic E-state index is 0.450. The summed E-state index contributed by atoms with van der Waals surface area (Å²) in [7, 11) is 1.64. The van der Waals surface area contributed by atoms with Crippen molar-refractivity contribution in [3.8, 4) is 28.8 Å². The Hall–Kier alpha value is -4.42. The van der Waals surface area contributed by atoms with Crippen molar-refractivity contribution in [1.29, 1.82) is 5.26 Å². The molecule has 0 spiro atoms. The predicted octanol–water partition coefficient (Wildman–Crippen LogP) is 4.87. The third-order valence-corrected chi connectivity index (χ3v) is 7.85. The zero-order valence-electron chi connectivity index (χ0n) is 23.0. The van der Waals surface area contributed by atoms with Gasteiger partial charge in [0.15, 0.2) is 0 Å². The molecule has 7 rings (SSSR count). The highest BCUT2D eigenvalue weighted by Gasteiger charge is 2.44. The third kappa shape index (κ3) is 4.98. The maximum atomic E-state index is 9.70. The van der Waals surface area contributed by atoms with Crippen LogP contribution in [0.3, 0.4) is 0 Å². The highest BCUT2D eigenvalue weighted by molar-refractivity contribution is 5.85. The molecule has 3 aliphatic heterocycles. The van der Waals surface area contributed by atoms with Crippen LogP contribution in [-0.4, -0.2) is 63.4 Å². The lowest BCUT2D eigenvalue weighted by Crippen LogP contribution is -2.68. The first kappa shape index (κ1) is 25.8. The molecular formula is C31H33N7O2. The van der Waals surface area contributed by atoms with Gasteiger partial charge < -0.3 is 14.4 Å². The number of nitriles is 1. The molecule has 0 N–H and O–H groups in total. The topological polar surface area (TPSA) is 91.8 Å². The van der Waals surface area contributed by atoms with Crippen molar-refractivity contribution in [3.63, 3.8) is 0 Å². The summed E-state index contributed by atoms with van der Waals surface area (Å²) in [6, 6.07) is 13.4. The number of rotatable bonds is 10. The Bertz CT molecular complexity index is 1540. The van der Waals surface area contributed by atoms with Crippen LogP contribution in [0.1, 0.15) is 37.3 Å². The lowest BCUT2D eigenvalue weighted by molar-refractivity contribution is -0.00876. The molecule has 3 fully saturated rings. The minimum absolute atomic E-state index is 0.450. The summed E-state index contributed by atoms with van der Waals surface area (Å²) in [5, 5.41) is 14.1. The Morgan fingerprint density at radius 1 is 1.12 bits per heavy atom. The van der Waals surface area contributed by atoms with Crippen molar-refractivity contribution in [3.05, 3.63) is 78.4 Å². The summed E-state index contributed by atoms with van der Waals surface area (Å²) < 4.78 is 12.9. The molecule has 3 aliphatic rings. The van der Waals surface area contributed by atoms with Gasteiger partial charge in [0.1, 0.15) is 24.2 Å². The van der Waals surface area contributed by atoms with Crippen molar-refractivity contribution < 1.29 is 9.47 Å². The molecule has 2 atom stereocenters. The van der Waals surface area contributed by atoms with Gasteiger partial charge in [0.25, 0.3) is 0 Å². The fraction of sp³-hybridized carbons (Fsp3) is 0.355. The summed E-state index contributed by atoms with van der Waals surface area (Å²) in [6.07, 6.45) is 10.4. The molecule has 2 unspecified atom stereocenters. The number of ether oxygens (including phenoxy) is 2. The number of fused-ring (bicyclic) bond motifs is 3. The predicted molar refractivity (Wildman–Crippen MR) is 153 cm³/mol. The highest BCUT2D eigenvalue weighted by atomic mass is 16.5. The van der Waals surface area contributed by atoms with E-state index in [1.165, 1.54) is 12.0 Å². The Morgan fingerprint density at radius 2 is 1.98 bits per heavy atom. The van der Waals surface area contributed by atoms with E-state index in [4.69, 9.17) is 14.5 Å². The van der Waals surface area contributed by atoms with E-state index in [-0.39, 0.29) is 0 Å². The summed E-state index contributed by atoms with van der Waals surface area (Å²) in [5.41, 5.74) is 5.30. The van der Waals surface area contributed by atoms with Crippen molar-refractivity contribution in [2.75, 3.05) is 31.7 Å². The largest absolute Gasteiger partial charge is 0.488 e. The number of piperazine rings is 1. The monoisotopic (exact) mass is 535 g/mol. The van der Waals surface area contributed by atoms with E-state index in [1.54, 1.807) is 17.8 Å². The molecule has 40 heavy (non-hydrogen) atoms. The second kappa shape index (κ2) is 11.0. The number of piperidine rings is 1. The average molecular weight is 536 g/mol. The maximum absolute atomic E-state index is 9.70. The number of anilines is 1. The van der Waals surface area contributed by atoms with E-state index in [0.717, 1.165) is 60.5 Å². The van der Waals surface area contributed by atoms with Crippen LogP contribution in [0.15, 0.2) is 67.3 Å². The molecule has 0 aromatic carbocycles. The standard InChI is InChI=1S/C31H33N7O2/c1-4-5-21(2)20-40-27-11-28(31-24(12-32)15-35-38(31)19-27)23-7-8-29(33-14-23)36-17-25-10-26(18-36)37(25)16-22-6-9-30(39-3)34-13-22/h6-9,11,13-15,19,25-26H,2,4-5,10,16-18,20H2,1,3H3. The maximum Gasteiger partial charge on any atom is 0.212 e. The lowest BCUT2D eigenvalue weighted by Gasteiger charge is -2.56. The fourth-order valence-electron chi connectivity index (χ4n) is 5.79. The first-order valence-corrected chi connectivity index (χ1v) is 13.7. The van der Waals surface area contributed by atoms with E-state index in [0.29, 0.717) is 35.9 Å². The molecule has 7 heterocycles. The smallest absolute Gasteiger partial charge is 0.212 e. The Morgan fingerprint density at radius 3 is 2.65 bits per heavy atom. The molecule has 4 aromatic rings. The van der Waals surface area contributed by atoms with E-state index in [9.17, 15) is 5.26 Å². The van der Waals surface area contributed by atoms with Gasteiger partial charge in [-0.3, -0.25) is 4.90 Å². The SMILES string of the molecule is C=C(CCC)COc1cc(-c2ccc(N3CC4CC(C3)N4Cc3ccc(OC)nc3)nc2)c2c(C#N)cnn2c1. The van der Waals surface area contributed by atoms with Gasteiger partial charge in [-0.2, -0.15) is 10.4 Å². The van der Waals surface area contributed by atoms with Crippen LogP contribution in [-0.2, 0) is 6.54 Å². The fourth-order valence-corrected chi connectivity index (χ4v) is 5.79. The first-order valence-electron chi connectivity index (χ1n) is 13.7. The first-order chi connectivity index (χ1) is 19.6. The lowest BCUT2D eigenvalue weighted by atomic mass is 9.87. The van der Waals surface area contributed by atoms with Crippen LogP contribution in [0.25, 0.3) is 16.6 Å². The van der Waals surface area contributed by atoms with E-state index >= 15 is 0 Å². The zero-order valence-corrected chi connectivity index (χ0v) is 23.0. The second-order valence-electron chi connectivity index (χ2n) is 10.6. The van der Waals surface area contributed by atoms with Crippen LogP contribution < -0.4 is 14.4 Å². The van der Waals surface area contributed by atoms with Crippen LogP contribution in [0.4, 0.5) is 5.82 Å². The quantitative estimate of drug-likeness (QED) is 0.266. The molecule has 0 saturated carbocycles. The van der Waals surface area contributed by atoms with Crippen molar-refractivity contribution in [1.82, 2.24) is 24.5 Å². The number of pyridine rings is 3. The van der Waals surface area contributed by atoms with Crippen molar-refractivity contribution in [2.45, 2.75) is 44.8 Å². The summed E-state index contributed by atoms with van der Waals surface area (Å²) in [6.45, 7) is 9.47. The normalized spacial score (nSPS) is 18.3. The summed E-state index contributed by atoms with van der Waals surface area (Å²) in [5.74, 6) is 2.29. The molecular weight excluding hydrogens is 502 g/mol. The molecule has 3 saturated heterocycles. The summed E-state index contributed by atoms with van der Waals surface area (Å²) in [4.78, 5) is 14.1. The molecule has 204 valence electrons. The van der Waals surface area contributed by atoms with E-state index in [2.05, 4.69) is 57.7 Å². The molecule has 9 heteroatoms. The summed E-state index contributed by atoms with van der Waals surface area (Å²) >= 11 is 0. The Balaban J connectivity index is 1.18. The average Bonchev–Trinajstić information content (AvgIpc) is 3.42. The Kier molecular flexibility index (Phi) is 7.10. The van der Waals surface area contributed by atoms with Gasteiger partial charge in [-0.05, 0) is 42.2 Å².